The van der Waals surface area contributed by atoms with Gasteiger partial charge in [-0.1, -0.05) is 5.92 Å². The number of hydrogen-bond donors (Lipinski definition) is 2. The zero-order valence-corrected chi connectivity index (χ0v) is 18.3. The molecule has 2 aromatic heterocycles. The summed E-state index contributed by atoms with van der Waals surface area (Å²) in [6.07, 6.45) is 6.60. The smallest absolute Gasteiger partial charge is 0.197 e. The number of piperidine rings is 1. The average Bonchev–Trinajstić information content (AvgIpc) is 3.35. The molecule has 3 atom stereocenters. The van der Waals surface area contributed by atoms with E-state index >= 15 is 0 Å². The SMILES string of the molecule is COc1ccc2nccc([C@@H](O)CC[C@@H]3CCN(CC#Cc4cnco4)C[C@@H]3CO)c2c1. The summed E-state index contributed by atoms with van der Waals surface area (Å²) in [6.45, 7) is 2.51. The van der Waals surface area contributed by atoms with E-state index in [0.717, 1.165) is 48.1 Å². The van der Waals surface area contributed by atoms with Gasteiger partial charge in [0, 0.05) is 24.7 Å². The first-order valence-electron chi connectivity index (χ1n) is 11.0. The lowest BCUT2D eigenvalue weighted by atomic mass is 9.81. The van der Waals surface area contributed by atoms with Crippen LogP contribution in [0.1, 0.15) is 36.7 Å². The third-order valence-corrected chi connectivity index (χ3v) is 6.31. The van der Waals surface area contributed by atoms with E-state index in [-0.39, 0.29) is 12.5 Å². The molecule has 0 radical (unpaired) electrons. The Morgan fingerprint density at radius 1 is 1.31 bits per heavy atom. The third-order valence-electron chi connectivity index (χ3n) is 6.31. The monoisotopic (exact) mass is 435 g/mol. The Kier molecular flexibility index (Phi) is 7.38. The molecule has 32 heavy (non-hydrogen) atoms. The quantitative estimate of drug-likeness (QED) is 0.551. The second kappa shape index (κ2) is 10.6. The van der Waals surface area contributed by atoms with Gasteiger partial charge in [-0.25, -0.2) is 4.98 Å². The number of methoxy groups -OCH3 is 1. The Hall–Kier alpha value is -2.92. The van der Waals surface area contributed by atoms with Gasteiger partial charge in [0.25, 0.3) is 0 Å². The molecule has 1 aliphatic heterocycles. The Morgan fingerprint density at radius 2 is 2.22 bits per heavy atom. The highest BCUT2D eigenvalue weighted by Gasteiger charge is 2.29. The van der Waals surface area contributed by atoms with Crippen molar-refractivity contribution < 1.29 is 19.4 Å². The van der Waals surface area contributed by atoms with Gasteiger partial charge in [-0.2, -0.15) is 0 Å². The summed E-state index contributed by atoms with van der Waals surface area (Å²) >= 11 is 0. The van der Waals surface area contributed by atoms with Crippen LogP contribution >= 0.6 is 0 Å². The first kappa shape index (κ1) is 22.3. The van der Waals surface area contributed by atoms with E-state index in [4.69, 9.17) is 9.15 Å². The van der Waals surface area contributed by atoms with Crippen molar-refractivity contribution >= 4 is 10.9 Å². The van der Waals surface area contributed by atoms with E-state index in [2.05, 4.69) is 26.7 Å². The summed E-state index contributed by atoms with van der Waals surface area (Å²) in [5, 5.41) is 21.8. The van der Waals surface area contributed by atoms with Crippen LogP contribution in [0.15, 0.2) is 47.5 Å². The van der Waals surface area contributed by atoms with E-state index in [0.29, 0.717) is 24.6 Å². The number of nitrogens with zero attached hydrogens (tertiary/aromatic N) is 3. The Morgan fingerprint density at radius 3 is 3.00 bits per heavy atom. The van der Waals surface area contributed by atoms with Crippen molar-refractivity contribution in [3.05, 3.63) is 54.4 Å². The lowest BCUT2D eigenvalue weighted by Gasteiger charge is -2.37. The molecule has 0 spiro atoms. The number of benzene rings is 1. The normalized spacial score (nSPS) is 20.0. The lowest BCUT2D eigenvalue weighted by Crippen LogP contribution is -2.42. The summed E-state index contributed by atoms with van der Waals surface area (Å²) in [5.74, 6) is 7.95. The molecule has 0 unspecified atom stereocenters. The highest BCUT2D eigenvalue weighted by molar-refractivity contribution is 5.83. The molecule has 168 valence electrons. The molecule has 3 aromatic rings. The van der Waals surface area contributed by atoms with Crippen LogP contribution in [0.5, 0.6) is 5.75 Å². The van der Waals surface area contributed by atoms with Crippen molar-refractivity contribution in [3.63, 3.8) is 0 Å². The molecule has 0 bridgehead atoms. The van der Waals surface area contributed by atoms with E-state index in [9.17, 15) is 10.2 Å². The topological polar surface area (TPSA) is 91.9 Å². The van der Waals surface area contributed by atoms with Crippen LogP contribution in [0.3, 0.4) is 0 Å². The van der Waals surface area contributed by atoms with Crippen LogP contribution in [-0.4, -0.2) is 58.4 Å². The van der Waals surface area contributed by atoms with Gasteiger partial charge in [0.2, 0.25) is 0 Å². The molecule has 1 saturated heterocycles. The summed E-state index contributed by atoms with van der Waals surface area (Å²) in [4.78, 5) is 10.5. The average molecular weight is 436 g/mol. The van der Waals surface area contributed by atoms with E-state index in [1.807, 2.05) is 24.3 Å². The molecule has 0 aliphatic carbocycles. The minimum atomic E-state index is -0.585. The molecular weight excluding hydrogens is 406 g/mol. The molecule has 4 rings (SSSR count). The Labute approximate surface area is 188 Å². The fraction of sp³-hybridized carbons (Fsp3) is 0.440. The van der Waals surface area contributed by atoms with Crippen molar-refractivity contribution in [3.8, 4) is 17.6 Å². The first-order valence-corrected chi connectivity index (χ1v) is 11.0. The van der Waals surface area contributed by atoms with E-state index in [1.165, 1.54) is 6.39 Å². The van der Waals surface area contributed by atoms with Crippen LogP contribution in [0.4, 0.5) is 0 Å². The summed E-state index contributed by atoms with van der Waals surface area (Å²) < 4.78 is 10.5. The summed E-state index contributed by atoms with van der Waals surface area (Å²) in [7, 11) is 1.63. The molecule has 7 nitrogen and oxygen atoms in total. The Balaban J connectivity index is 1.35. The summed E-state index contributed by atoms with van der Waals surface area (Å²) in [6, 6.07) is 7.59. The van der Waals surface area contributed by atoms with Crippen LogP contribution in [0, 0.1) is 23.7 Å². The lowest BCUT2D eigenvalue weighted by molar-refractivity contribution is 0.0640. The minimum Gasteiger partial charge on any atom is -0.497 e. The van der Waals surface area contributed by atoms with Crippen LogP contribution in [0.2, 0.25) is 0 Å². The van der Waals surface area contributed by atoms with E-state index in [1.54, 1.807) is 19.5 Å². The zero-order chi connectivity index (χ0) is 22.3. The number of likely N-dealkylation sites (tertiary alicyclic amines) is 1. The number of oxazole rings is 1. The van der Waals surface area contributed by atoms with Crippen molar-refractivity contribution in [1.82, 2.24) is 14.9 Å². The predicted octanol–water partition coefficient (Wildman–Crippen LogP) is 3.03. The minimum absolute atomic E-state index is 0.141. The number of hydrogen-bond acceptors (Lipinski definition) is 7. The number of fused-ring (bicyclic) bond motifs is 1. The maximum Gasteiger partial charge on any atom is 0.197 e. The number of pyridine rings is 1. The van der Waals surface area contributed by atoms with Gasteiger partial charge >= 0.3 is 0 Å². The zero-order valence-electron chi connectivity index (χ0n) is 18.3. The molecule has 3 heterocycles. The second-order valence-electron chi connectivity index (χ2n) is 8.27. The fourth-order valence-electron chi connectivity index (χ4n) is 4.49. The second-order valence-corrected chi connectivity index (χ2v) is 8.27. The molecule has 0 saturated carbocycles. The number of aliphatic hydroxyl groups is 2. The number of ether oxygens (including phenoxy) is 1. The summed E-state index contributed by atoms with van der Waals surface area (Å²) in [5.41, 5.74) is 1.71. The standard InChI is InChI=1S/C25H29N3O4/c1-31-20-5-6-24-23(13-20)22(8-10-27-24)25(30)7-4-18-9-12-28(15-19(18)16-29)11-2-3-21-14-26-17-32-21/h5-6,8,10,13-14,17-19,25,29-30H,4,7,9,11-12,15-16H2,1H3/t18-,19-,25+/m1/s1. The highest BCUT2D eigenvalue weighted by Crippen LogP contribution is 2.33. The molecule has 0 amide bonds. The van der Waals surface area contributed by atoms with Gasteiger partial charge in [0.1, 0.15) is 5.75 Å². The third kappa shape index (κ3) is 5.28. The molecular formula is C25H29N3O4. The molecule has 1 fully saturated rings. The van der Waals surface area contributed by atoms with Crippen LogP contribution < -0.4 is 4.74 Å². The van der Waals surface area contributed by atoms with Crippen molar-refractivity contribution in [2.45, 2.75) is 25.4 Å². The highest BCUT2D eigenvalue weighted by atomic mass is 16.5. The van der Waals surface area contributed by atoms with Crippen molar-refractivity contribution in [2.75, 3.05) is 33.4 Å². The van der Waals surface area contributed by atoms with Crippen LogP contribution in [0.25, 0.3) is 10.9 Å². The van der Waals surface area contributed by atoms with Gasteiger partial charge in [0.05, 0.1) is 31.5 Å². The molecule has 1 aromatic carbocycles. The maximum atomic E-state index is 11.0. The van der Waals surface area contributed by atoms with E-state index < -0.39 is 6.10 Å². The van der Waals surface area contributed by atoms with Gasteiger partial charge in [-0.15, -0.1) is 0 Å². The van der Waals surface area contributed by atoms with Crippen molar-refractivity contribution in [2.24, 2.45) is 11.8 Å². The molecule has 7 heteroatoms. The predicted molar refractivity (Wildman–Crippen MR) is 121 cm³/mol. The Bertz CT molecular complexity index is 1070. The number of aromatic nitrogens is 2. The molecule has 2 N–H and O–H groups in total. The van der Waals surface area contributed by atoms with Gasteiger partial charge in [-0.3, -0.25) is 9.88 Å². The molecule has 1 aliphatic rings. The van der Waals surface area contributed by atoms with Gasteiger partial charge in [0.15, 0.2) is 12.2 Å². The van der Waals surface area contributed by atoms with Gasteiger partial charge < -0.3 is 19.4 Å². The van der Waals surface area contributed by atoms with Gasteiger partial charge in [-0.05, 0) is 73.4 Å². The fourth-order valence-corrected chi connectivity index (χ4v) is 4.49. The maximum absolute atomic E-state index is 11.0. The first-order chi connectivity index (χ1) is 15.7. The van der Waals surface area contributed by atoms with Crippen LogP contribution in [-0.2, 0) is 0 Å². The number of aliphatic hydroxyl groups excluding tert-OH is 2. The largest absolute Gasteiger partial charge is 0.497 e. The van der Waals surface area contributed by atoms with Crippen molar-refractivity contribution in [1.29, 1.82) is 0 Å². The number of rotatable bonds is 7.